The fraction of sp³-hybridized carbons (Fsp3) is 0.429. The second-order valence-corrected chi connectivity index (χ2v) is 10.2. The number of imidazole rings is 1. The Hall–Kier alpha value is -1.73. The maximum atomic E-state index is 12.8. The van der Waals surface area contributed by atoms with Crippen LogP contribution < -0.4 is 0 Å². The van der Waals surface area contributed by atoms with Crippen molar-refractivity contribution in [3.8, 4) is 0 Å². The van der Waals surface area contributed by atoms with Crippen molar-refractivity contribution in [1.82, 2.24) is 14.9 Å². The number of fused-ring (bicyclic) bond motifs is 3. The summed E-state index contributed by atoms with van der Waals surface area (Å²) in [6.45, 7) is 6.36. The lowest BCUT2D eigenvalue weighted by Crippen LogP contribution is -2.37. The number of thioether (sulfide) groups is 1. The van der Waals surface area contributed by atoms with E-state index in [1.54, 1.807) is 11.8 Å². The molecule has 0 unspecified atom stereocenters. The average Bonchev–Trinajstić information content (AvgIpc) is 3.23. The molecule has 4 rings (SSSR count). The molecule has 0 radical (unpaired) electrons. The summed E-state index contributed by atoms with van der Waals surface area (Å²) in [6, 6.07) is 10.2. The molecule has 1 aliphatic rings. The number of nitrogens with one attached hydrogen (secondary N) is 1. The summed E-state index contributed by atoms with van der Waals surface area (Å²) in [7, 11) is 0. The number of rotatable bonds is 2. The third-order valence-corrected chi connectivity index (χ3v) is 6.49. The second kappa shape index (κ2) is 7.26. The number of amides is 1. The van der Waals surface area contributed by atoms with Crippen LogP contribution in [0.15, 0.2) is 34.8 Å². The number of carbonyl (C=O) groups is 1. The SMILES string of the molecule is CS[C@H]1C[C@@H](c2nc3c(ccc4cc(Br)ccc43)[nH]2)N(C(=O)OC(C)(C)C)C1. The lowest BCUT2D eigenvalue weighted by Gasteiger charge is -2.27. The molecule has 148 valence electrons. The normalized spacial score (nSPS) is 20.2. The van der Waals surface area contributed by atoms with Gasteiger partial charge in [0.15, 0.2) is 0 Å². The van der Waals surface area contributed by atoms with Crippen molar-refractivity contribution in [3.05, 3.63) is 40.6 Å². The number of H-pyrrole nitrogens is 1. The third kappa shape index (κ3) is 3.74. The van der Waals surface area contributed by atoms with Gasteiger partial charge in [-0.25, -0.2) is 9.78 Å². The summed E-state index contributed by atoms with van der Waals surface area (Å²) in [6.07, 6.45) is 2.68. The predicted octanol–water partition coefficient (Wildman–Crippen LogP) is 5.89. The maximum absolute atomic E-state index is 12.8. The van der Waals surface area contributed by atoms with Crippen molar-refractivity contribution in [2.45, 2.75) is 44.1 Å². The van der Waals surface area contributed by atoms with Gasteiger partial charge >= 0.3 is 6.09 Å². The van der Waals surface area contributed by atoms with E-state index in [-0.39, 0.29) is 12.1 Å². The van der Waals surface area contributed by atoms with Gasteiger partial charge in [0.05, 0.1) is 17.1 Å². The summed E-state index contributed by atoms with van der Waals surface area (Å²) in [5.74, 6) is 0.827. The minimum absolute atomic E-state index is 0.106. The van der Waals surface area contributed by atoms with Crippen LogP contribution in [0.2, 0.25) is 0 Å². The zero-order chi connectivity index (χ0) is 20.1. The Morgan fingerprint density at radius 3 is 2.82 bits per heavy atom. The lowest BCUT2D eigenvalue weighted by atomic mass is 10.1. The van der Waals surface area contributed by atoms with E-state index in [0.717, 1.165) is 38.5 Å². The Kier molecular flexibility index (Phi) is 5.08. The highest BCUT2D eigenvalue weighted by Crippen LogP contribution is 2.38. The number of benzene rings is 2. The zero-order valence-electron chi connectivity index (χ0n) is 16.5. The number of carbonyl (C=O) groups excluding carboxylic acids is 1. The van der Waals surface area contributed by atoms with Gasteiger partial charge in [-0.15, -0.1) is 0 Å². The van der Waals surface area contributed by atoms with E-state index in [9.17, 15) is 4.79 Å². The molecule has 5 nitrogen and oxygen atoms in total. The summed E-state index contributed by atoms with van der Waals surface area (Å²) in [5.41, 5.74) is 1.41. The van der Waals surface area contributed by atoms with Crippen molar-refractivity contribution in [2.75, 3.05) is 12.8 Å². The van der Waals surface area contributed by atoms with E-state index < -0.39 is 5.60 Å². The van der Waals surface area contributed by atoms with Crippen LogP contribution in [0.25, 0.3) is 21.8 Å². The van der Waals surface area contributed by atoms with Gasteiger partial charge in [-0.3, -0.25) is 4.90 Å². The monoisotopic (exact) mass is 461 g/mol. The number of aromatic nitrogens is 2. The van der Waals surface area contributed by atoms with Crippen molar-refractivity contribution in [3.63, 3.8) is 0 Å². The third-order valence-electron chi connectivity index (χ3n) is 4.99. The highest BCUT2D eigenvalue weighted by molar-refractivity contribution is 9.10. The van der Waals surface area contributed by atoms with Crippen molar-refractivity contribution in [1.29, 1.82) is 0 Å². The molecule has 2 atom stereocenters. The molecule has 3 aromatic rings. The molecule has 1 saturated heterocycles. The number of aromatic amines is 1. The molecule has 0 aliphatic carbocycles. The van der Waals surface area contributed by atoms with Crippen LogP contribution >= 0.6 is 27.7 Å². The first-order chi connectivity index (χ1) is 13.2. The minimum Gasteiger partial charge on any atom is -0.444 e. The number of hydrogen-bond donors (Lipinski definition) is 1. The van der Waals surface area contributed by atoms with Crippen molar-refractivity contribution < 1.29 is 9.53 Å². The minimum atomic E-state index is -0.517. The number of likely N-dealkylation sites (tertiary alicyclic amines) is 1. The molecule has 28 heavy (non-hydrogen) atoms. The van der Waals surface area contributed by atoms with E-state index in [2.05, 4.69) is 51.4 Å². The van der Waals surface area contributed by atoms with E-state index >= 15 is 0 Å². The van der Waals surface area contributed by atoms with Crippen LogP contribution in [0.1, 0.15) is 39.1 Å². The largest absolute Gasteiger partial charge is 0.444 e. The van der Waals surface area contributed by atoms with Gasteiger partial charge in [-0.2, -0.15) is 11.8 Å². The lowest BCUT2D eigenvalue weighted by molar-refractivity contribution is 0.0219. The molecule has 2 aromatic carbocycles. The molecular formula is C21H24BrN3O2S. The molecule has 0 spiro atoms. The Balaban J connectivity index is 1.74. The van der Waals surface area contributed by atoms with E-state index in [1.807, 2.05) is 31.7 Å². The molecule has 7 heteroatoms. The smallest absolute Gasteiger partial charge is 0.410 e. The van der Waals surface area contributed by atoms with E-state index in [4.69, 9.17) is 9.72 Å². The summed E-state index contributed by atoms with van der Waals surface area (Å²) in [5, 5.41) is 2.61. The predicted molar refractivity (Wildman–Crippen MR) is 119 cm³/mol. The fourth-order valence-corrected chi connectivity index (χ4v) is 4.76. The van der Waals surface area contributed by atoms with Gasteiger partial charge in [0, 0.05) is 21.7 Å². The standard InChI is InChI=1S/C21H24BrN3O2S/c1-21(2,3)27-20(26)25-11-14(28-4)10-17(25)19-23-16-8-5-12-9-13(22)6-7-15(12)18(16)24-19/h5-9,14,17H,10-11H2,1-4H3,(H,23,24)/t14-,17-/m0/s1. The van der Waals surface area contributed by atoms with Crippen LogP contribution in [0.3, 0.4) is 0 Å². The van der Waals surface area contributed by atoms with Gasteiger partial charge in [0.25, 0.3) is 0 Å². The first-order valence-electron chi connectivity index (χ1n) is 9.35. The molecule has 1 aromatic heterocycles. The van der Waals surface area contributed by atoms with E-state index in [1.165, 1.54) is 0 Å². The number of nitrogens with zero attached hydrogens (tertiary/aromatic N) is 2. The quantitative estimate of drug-likeness (QED) is 0.516. The van der Waals surface area contributed by atoms with Gasteiger partial charge in [-0.05, 0) is 57.0 Å². The summed E-state index contributed by atoms with van der Waals surface area (Å²) < 4.78 is 6.70. The maximum Gasteiger partial charge on any atom is 0.410 e. The van der Waals surface area contributed by atoms with Gasteiger partial charge < -0.3 is 9.72 Å². The molecule has 1 amide bonds. The van der Waals surface area contributed by atoms with Crippen LogP contribution in [0, 0.1) is 0 Å². The Morgan fingerprint density at radius 1 is 1.32 bits per heavy atom. The number of halogens is 1. The highest BCUT2D eigenvalue weighted by Gasteiger charge is 2.39. The van der Waals surface area contributed by atoms with Gasteiger partial charge in [0.2, 0.25) is 0 Å². The van der Waals surface area contributed by atoms with Crippen LogP contribution in [0.5, 0.6) is 0 Å². The first kappa shape index (κ1) is 19.6. The van der Waals surface area contributed by atoms with Crippen LogP contribution in [-0.4, -0.2) is 44.6 Å². The topological polar surface area (TPSA) is 58.2 Å². The molecule has 2 heterocycles. The van der Waals surface area contributed by atoms with Crippen LogP contribution in [0.4, 0.5) is 4.79 Å². The van der Waals surface area contributed by atoms with Crippen LogP contribution in [-0.2, 0) is 4.74 Å². The molecule has 0 bridgehead atoms. The summed E-state index contributed by atoms with van der Waals surface area (Å²) in [4.78, 5) is 23.0. The first-order valence-corrected chi connectivity index (χ1v) is 11.4. The molecular weight excluding hydrogens is 438 g/mol. The van der Waals surface area contributed by atoms with Crippen molar-refractivity contribution >= 4 is 55.6 Å². The zero-order valence-corrected chi connectivity index (χ0v) is 18.9. The Morgan fingerprint density at radius 2 is 2.11 bits per heavy atom. The van der Waals surface area contributed by atoms with Gasteiger partial charge in [0.1, 0.15) is 11.4 Å². The molecule has 0 saturated carbocycles. The average molecular weight is 462 g/mol. The molecule has 1 fully saturated rings. The Labute approximate surface area is 177 Å². The molecule has 1 aliphatic heterocycles. The summed E-state index contributed by atoms with van der Waals surface area (Å²) >= 11 is 5.31. The van der Waals surface area contributed by atoms with Crippen molar-refractivity contribution in [2.24, 2.45) is 0 Å². The van der Waals surface area contributed by atoms with E-state index in [0.29, 0.717) is 11.8 Å². The second-order valence-electron chi connectivity index (χ2n) is 8.19. The molecule has 1 N–H and O–H groups in total. The van der Waals surface area contributed by atoms with Gasteiger partial charge in [-0.1, -0.05) is 28.1 Å². The fourth-order valence-electron chi connectivity index (χ4n) is 3.70. The number of ether oxygens (including phenoxy) is 1. The Bertz CT molecular complexity index is 1040. The highest BCUT2D eigenvalue weighted by atomic mass is 79.9. The number of hydrogen-bond acceptors (Lipinski definition) is 4.